The van der Waals surface area contributed by atoms with E-state index in [0.29, 0.717) is 16.5 Å². The monoisotopic (exact) mass is 229 g/mol. The lowest BCUT2D eigenvalue weighted by Crippen LogP contribution is -2.37. The molecule has 0 aromatic heterocycles. The van der Waals surface area contributed by atoms with E-state index in [1.807, 2.05) is 7.05 Å². The molecule has 3 unspecified atom stereocenters. The molecule has 0 heterocycles. The fraction of sp³-hybridized carbons (Fsp3) is 1.00. The predicted molar refractivity (Wildman–Crippen MR) is 65.5 cm³/mol. The quantitative estimate of drug-likeness (QED) is 0.804. The van der Waals surface area contributed by atoms with Crippen LogP contribution in [0.5, 0.6) is 0 Å². The van der Waals surface area contributed by atoms with Crippen molar-refractivity contribution in [2.45, 2.75) is 67.9 Å². The van der Waals surface area contributed by atoms with Crippen LogP contribution in [0.1, 0.15) is 51.4 Å². The zero-order valence-corrected chi connectivity index (χ0v) is 10.5. The minimum absolute atomic E-state index is 0.485. The fourth-order valence-electron chi connectivity index (χ4n) is 3.01. The maximum Gasteiger partial charge on any atom is 0.0365 e. The maximum atomic E-state index is 12.3. The fourth-order valence-corrected chi connectivity index (χ4v) is 5.17. The van der Waals surface area contributed by atoms with Crippen LogP contribution < -0.4 is 5.32 Å². The highest BCUT2D eigenvalue weighted by atomic mass is 32.2. The Morgan fingerprint density at radius 2 is 1.67 bits per heavy atom. The van der Waals surface area contributed by atoms with Crippen molar-refractivity contribution in [2.75, 3.05) is 7.05 Å². The molecule has 2 saturated carbocycles. The Balaban J connectivity index is 1.88. The number of rotatable bonds is 3. The first-order valence-corrected chi connectivity index (χ1v) is 7.65. The average molecular weight is 229 g/mol. The second-order valence-electron chi connectivity index (χ2n) is 5.01. The maximum absolute atomic E-state index is 12.3. The van der Waals surface area contributed by atoms with Gasteiger partial charge >= 0.3 is 0 Å². The van der Waals surface area contributed by atoms with Crippen molar-refractivity contribution in [1.82, 2.24) is 5.32 Å². The van der Waals surface area contributed by atoms with Gasteiger partial charge in [0.15, 0.2) is 0 Å². The second-order valence-corrected chi connectivity index (χ2v) is 7.00. The summed E-state index contributed by atoms with van der Waals surface area (Å²) >= 11 is 0. The van der Waals surface area contributed by atoms with Gasteiger partial charge in [-0.05, 0) is 39.2 Å². The molecule has 0 amide bonds. The highest BCUT2D eigenvalue weighted by Gasteiger charge is 2.31. The molecule has 2 rings (SSSR count). The van der Waals surface area contributed by atoms with Gasteiger partial charge in [0.1, 0.15) is 0 Å². The van der Waals surface area contributed by atoms with E-state index in [2.05, 4.69) is 5.32 Å². The zero-order valence-electron chi connectivity index (χ0n) is 9.71. The minimum Gasteiger partial charge on any atom is -0.317 e. The molecule has 0 aromatic carbocycles. The normalized spacial score (nSPS) is 35.5. The van der Waals surface area contributed by atoms with Crippen LogP contribution in [0.25, 0.3) is 0 Å². The number of nitrogens with one attached hydrogen (secondary N) is 1. The molecule has 0 aromatic rings. The van der Waals surface area contributed by atoms with Gasteiger partial charge in [0.05, 0.1) is 0 Å². The largest absolute Gasteiger partial charge is 0.317 e. The first-order chi connectivity index (χ1) is 7.31. The summed E-state index contributed by atoms with van der Waals surface area (Å²) in [5, 5.41) is 4.36. The van der Waals surface area contributed by atoms with E-state index >= 15 is 0 Å². The van der Waals surface area contributed by atoms with Gasteiger partial charge in [-0.2, -0.15) is 0 Å². The van der Waals surface area contributed by atoms with Crippen LogP contribution in [0.4, 0.5) is 0 Å². The Bertz CT molecular complexity index is 226. The van der Waals surface area contributed by atoms with Gasteiger partial charge in [0.25, 0.3) is 0 Å². The van der Waals surface area contributed by atoms with Crippen molar-refractivity contribution in [1.29, 1.82) is 0 Å². The molecule has 15 heavy (non-hydrogen) atoms. The van der Waals surface area contributed by atoms with E-state index < -0.39 is 10.8 Å². The average Bonchev–Trinajstić information content (AvgIpc) is 2.81. The molecule has 88 valence electrons. The van der Waals surface area contributed by atoms with Gasteiger partial charge < -0.3 is 5.32 Å². The van der Waals surface area contributed by atoms with Crippen molar-refractivity contribution in [2.24, 2.45) is 0 Å². The van der Waals surface area contributed by atoms with Crippen molar-refractivity contribution >= 4 is 10.8 Å². The molecular weight excluding hydrogens is 206 g/mol. The molecule has 0 spiro atoms. The van der Waals surface area contributed by atoms with Crippen molar-refractivity contribution < 1.29 is 4.21 Å². The Hall–Kier alpha value is 0.110. The van der Waals surface area contributed by atoms with Crippen LogP contribution in [0, 0.1) is 0 Å². The standard InChI is InChI=1S/C12H23NOS/c1-13-10-5-4-8-12(9-10)15(14)11-6-2-3-7-11/h10-13H,2-9H2,1H3. The molecular formula is C12H23NOS. The van der Waals surface area contributed by atoms with Gasteiger partial charge in [-0.25, -0.2) is 0 Å². The zero-order chi connectivity index (χ0) is 10.7. The van der Waals surface area contributed by atoms with Crippen molar-refractivity contribution in [3.8, 4) is 0 Å². The molecule has 0 radical (unpaired) electrons. The first-order valence-electron chi connectivity index (χ1n) is 6.38. The topological polar surface area (TPSA) is 29.1 Å². The third-order valence-electron chi connectivity index (χ3n) is 3.99. The highest BCUT2D eigenvalue weighted by Crippen LogP contribution is 2.30. The summed E-state index contributed by atoms with van der Waals surface area (Å²) in [4.78, 5) is 0. The Kier molecular flexibility index (Phi) is 4.21. The van der Waals surface area contributed by atoms with Crippen LogP contribution >= 0.6 is 0 Å². The van der Waals surface area contributed by atoms with Crippen LogP contribution in [0.15, 0.2) is 0 Å². The molecule has 0 aliphatic heterocycles. The summed E-state index contributed by atoms with van der Waals surface area (Å²) in [6.07, 6.45) is 9.90. The highest BCUT2D eigenvalue weighted by molar-refractivity contribution is 7.86. The SMILES string of the molecule is CNC1CCCC(S(=O)C2CCCC2)C1. The summed E-state index contributed by atoms with van der Waals surface area (Å²) in [7, 11) is 1.49. The van der Waals surface area contributed by atoms with E-state index in [4.69, 9.17) is 0 Å². The number of hydrogen-bond donors (Lipinski definition) is 1. The smallest absolute Gasteiger partial charge is 0.0365 e. The first kappa shape index (κ1) is 11.6. The summed E-state index contributed by atoms with van der Waals surface area (Å²) in [6.45, 7) is 0. The van der Waals surface area contributed by atoms with Crippen LogP contribution in [-0.2, 0) is 10.8 Å². The lowest BCUT2D eigenvalue weighted by molar-refractivity contribution is 0.396. The van der Waals surface area contributed by atoms with Gasteiger partial charge in [0, 0.05) is 27.3 Å². The Labute approximate surface area is 95.7 Å². The van der Waals surface area contributed by atoms with Gasteiger partial charge in [-0.1, -0.05) is 19.3 Å². The summed E-state index contributed by atoms with van der Waals surface area (Å²) in [6, 6.07) is 0.620. The van der Waals surface area contributed by atoms with Gasteiger partial charge in [0.2, 0.25) is 0 Å². The summed E-state index contributed by atoms with van der Waals surface area (Å²) in [5.41, 5.74) is 0. The van der Waals surface area contributed by atoms with E-state index in [0.717, 1.165) is 6.42 Å². The lowest BCUT2D eigenvalue weighted by Gasteiger charge is -2.29. The molecule has 2 aliphatic carbocycles. The second kappa shape index (κ2) is 5.44. The molecule has 2 fully saturated rings. The van der Waals surface area contributed by atoms with Crippen LogP contribution in [0.3, 0.4) is 0 Å². The Morgan fingerprint density at radius 1 is 1.00 bits per heavy atom. The van der Waals surface area contributed by atoms with E-state index in [1.54, 1.807) is 0 Å². The molecule has 0 saturated heterocycles. The molecule has 3 atom stereocenters. The van der Waals surface area contributed by atoms with Crippen LogP contribution in [0.2, 0.25) is 0 Å². The molecule has 2 nitrogen and oxygen atoms in total. The van der Waals surface area contributed by atoms with E-state index in [9.17, 15) is 4.21 Å². The molecule has 1 N–H and O–H groups in total. The molecule has 3 heteroatoms. The summed E-state index contributed by atoms with van der Waals surface area (Å²) < 4.78 is 12.3. The third-order valence-corrected chi connectivity index (χ3v) is 6.21. The Morgan fingerprint density at radius 3 is 2.33 bits per heavy atom. The van der Waals surface area contributed by atoms with Crippen molar-refractivity contribution in [3.63, 3.8) is 0 Å². The van der Waals surface area contributed by atoms with E-state index in [-0.39, 0.29) is 0 Å². The number of hydrogen-bond acceptors (Lipinski definition) is 2. The summed E-state index contributed by atoms with van der Waals surface area (Å²) in [5.74, 6) is 0. The molecule has 2 aliphatic rings. The predicted octanol–water partition coefficient (Wildman–Crippen LogP) is 2.21. The van der Waals surface area contributed by atoms with Gasteiger partial charge in [-0.15, -0.1) is 0 Å². The molecule has 0 bridgehead atoms. The third kappa shape index (κ3) is 2.82. The van der Waals surface area contributed by atoms with Crippen molar-refractivity contribution in [3.05, 3.63) is 0 Å². The minimum atomic E-state index is -0.544. The lowest BCUT2D eigenvalue weighted by atomic mass is 9.95. The van der Waals surface area contributed by atoms with Gasteiger partial charge in [-0.3, -0.25) is 4.21 Å². The van der Waals surface area contributed by atoms with E-state index in [1.165, 1.54) is 44.9 Å². The van der Waals surface area contributed by atoms with Crippen LogP contribution in [-0.4, -0.2) is 27.8 Å².